The summed E-state index contributed by atoms with van der Waals surface area (Å²) in [5.41, 5.74) is 0. The molecule has 1 aliphatic rings. The third-order valence-corrected chi connectivity index (χ3v) is 1.84. The van der Waals surface area contributed by atoms with E-state index in [1.165, 1.54) is 25.7 Å². The molecule has 48 valence electrons. The van der Waals surface area contributed by atoms with Gasteiger partial charge < -0.3 is 0 Å². The van der Waals surface area contributed by atoms with Crippen molar-refractivity contribution in [3.63, 3.8) is 0 Å². The second-order valence-corrected chi connectivity index (χ2v) is 2.53. The van der Waals surface area contributed by atoms with Gasteiger partial charge in [-0.05, 0) is 18.8 Å². The first kappa shape index (κ1) is 6.35. The van der Waals surface area contributed by atoms with E-state index in [0.717, 1.165) is 0 Å². The number of allylic oxidation sites excluding steroid dienone is 2. The average molecular weight is 121 g/mol. The summed E-state index contributed by atoms with van der Waals surface area (Å²) in [5.74, 6) is 0.713. The molecule has 1 nitrogen and oxygen atoms in total. The largest absolute Gasteiger partial charge is 0.193 e. The Balaban J connectivity index is 2.28. The van der Waals surface area contributed by atoms with Crippen LogP contribution in [0.25, 0.3) is 0 Å². The van der Waals surface area contributed by atoms with Gasteiger partial charge in [0.2, 0.25) is 0 Å². The van der Waals surface area contributed by atoms with Crippen molar-refractivity contribution in [2.45, 2.75) is 25.7 Å². The Morgan fingerprint density at radius 1 is 1.33 bits per heavy atom. The number of hydrogen-bond acceptors (Lipinski definition) is 1. The van der Waals surface area contributed by atoms with Gasteiger partial charge in [-0.15, -0.1) is 0 Å². The van der Waals surface area contributed by atoms with E-state index in [1.54, 1.807) is 6.08 Å². The lowest BCUT2D eigenvalue weighted by atomic mass is 10.1. The van der Waals surface area contributed by atoms with Crippen molar-refractivity contribution in [2.75, 3.05) is 0 Å². The Kier molecular flexibility index (Phi) is 2.32. The maximum Gasteiger partial charge on any atom is 0.0908 e. The molecule has 0 amide bonds. The van der Waals surface area contributed by atoms with E-state index in [2.05, 4.69) is 0 Å². The molecule has 1 heteroatoms. The summed E-state index contributed by atoms with van der Waals surface area (Å²) in [4.78, 5) is 0. The summed E-state index contributed by atoms with van der Waals surface area (Å²) in [6.07, 6.45) is 8.92. The molecular weight excluding hydrogens is 110 g/mol. The van der Waals surface area contributed by atoms with Crippen LogP contribution in [0.4, 0.5) is 0 Å². The highest BCUT2D eigenvalue weighted by molar-refractivity contribution is 5.04. The Bertz CT molecular complexity index is 135. The topological polar surface area (TPSA) is 23.8 Å². The summed E-state index contributed by atoms with van der Waals surface area (Å²) in [5, 5.41) is 8.19. The Morgan fingerprint density at radius 3 is 2.56 bits per heavy atom. The van der Waals surface area contributed by atoms with Crippen LogP contribution >= 0.6 is 0 Å². The lowest BCUT2D eigenvalue weighted by molar-refractivity contribution is 0.686. The molecule has 0 radical (unpaired) electrons. The first-order valence-corrected chi connectivity index (χ1v) is 3.50. The second kappa shape index (κ2) is 3.29. The van der Waals surface area contributed by atoms with Crippen molar-refractivity contribution < 1.29 is 0 Å². The van der Waals surface area contributed by atoms with Gasteiger partial charge in [-0.1, -0.05) is 18.9 Å². The molecular formula is C8H11N. The van der Waals surface area contributed by atoms with Gasteiger partial charge in [-0.25, -0.2) is 0 Å². The molecule has 0 bridgehead atoms. The highest BCUT2D eigenvalue weighted by Crippen LogP contribution is 2.25. The van der Waals surface area contributed by atoms with Gasteiger partial charge in [0.05, 0.1) is 6.07 Å². The molecule has 1 aliphatic carbocycles. The van der Waals surface area contributed by atoms with Gasteiger partial charge in [0, 0.05) is 6.08 Å². The van der Waals surface area contributed by atoms with E-state index in [9.17, 15) is 0 Å². The molecule has 0 aliphatic heterocycles. The first-order chi connectivity index (χ1) is 4.43. The molecule has 0 saturated heterocycles. The van der Waals surface area contributed by atoms with Crippen LogP contribution in [0.2, 0.25) is 0 Å². The fraction of sp³-hybridized carbons (Fsp3) is 0.625. The van der Waals surface area contributed by atoms with Crippen molar-refractivity contribution in [1.29, 1.82) is 5.26 Å². The van der Waals surface area contributed by atoms with Crippen LogP contribution < -0.4 is 0 Å². The maximum absolute atomic E-state index is 8.19. The average Bonchev–Trinajstić information content (AvgIpc) is 2.34. The fourth-order valence-corrected chi connectivity index (χ4v) is 1.33. The van der Waals surface area contributed by atoms with Crippen molar-refractivity contribution in [3.05, 3.63) is 12.2 Å². The third-order valence-electron chi connectivity index (χ3n) is 1.84. The normalized spacial score (nSPS) is 20.8. The monoisotopic (exact) mass is 121 g/mol. The molecule has 0 unspecified atom stereocenters. The van der Waals surface area contributed by atoms with E-state index < -0.39 is 0 Å². The summed E-state index contributed by atoms with van der Waals surface area (Å²) in [7, 11) is 0. The SMILES string of the molecule is N#C/C=C/C1CCCC1. The van der Waals surface area contributed by atoms with Gasteiger partial charge >= 0.3 is 0 Å². The highest BCUT2D eigenvalue weighted by Gasteiger charge is 2.10. The maximum atomic E-state index is 8.19. The Morgan fingerprint density at radius 2 is 2.00 bits per heavy atom. The van der Waals surface area contributed by atoms with E-state index in [-0.39, 0.29) is 0 Å². The molecule has 0 heterocycles. The minimum atomic E-state index is 0.713. The Hall–Kier alpha value is -0.770. The van der Waals surface area contributed by atoms with E-state index in [4.69, 9.17) is 5.26 Å². The van der Waals surface area contributed by atoms with Gasteiger partial charge in [0.25, 0.3) is 0 Å². The zero-order chi connectivity index (χ0) is 6.53. The summed E-state index contributed by atoms with van der Waals surface area (Å²) in [6.45, 7) is 0. The van der Waals surface area contributed by atoms with E-state index in [1.807, 2.05) is 12.1 Å². The lowest BCUT2D eigenvalue weighted by Crippen LogP contribution is -1.83. The minimum absolute atomic E-state index is 0.713. The van der Waals surface area contributed by atoms with Gasteiger partial charge in [-0.2, -0.15) is 5.26 Å². The fourth-order valence-electron chi connectivity index (χ4n) is 1.33. The van der Waals surface area contributed by atoms with Crippen LogP contribution in [0.15, 0.2) is 12.2 Å². The van der Waals surface area contributed by atoms with Gasteiger partial charge in [0.15, 0.2) is 0 Å². The van der Waals surface area contributed by atoms with Crippen LogP contribution in [0.5, 0.6) is 0 Å². The molecule has 0 atom stereocenters. The van der Waals surface area contributed by atoms with Gasteiger partial charge in [0.1, 0.15) is 0 Å². The van der Waals surface area contributed by atoms with E-state index in [0.29, 0.717) is 5.92 Å². The minimum Gasteiger partial charge on any atom is -0.193 e. The summed E-state index contributed by atoms with van der Waals surface area (Å²) >= 11 is 0. The highest BCUT2D eigenvalue weighted by atomic mass is 14.2. The van der Waals surface area contributed by atoms with Gasteiger partial charge in [-0.3, -0.25) is 0 Å². The smallest absolute Gasteiger partial charge is 0.0908 e. The summed E-state index contributed by atoms with van der Waals surface area (Å²) in [6, 6.07) is 2.01. The number of rotatable bonds is 1. The summed E-state index contributed by atoms with van der Waals surface area (Å²) < 4.78 is 0. The lowest BCUT2D eigenvalue weighted by Gasteiger charge is -1.95. The molecule has 9 heavy (non-hydrogen) atoms. The molecule has 1 rings (SSSR count). The van der Waals surface area contributed by atoms with Crippen LogP contribution in [0.1, 0.15) is 25.7 Å². The van der Waals surface area contributed by atoms with Crippen molar-refractivity contribution in [1.82, 2.24) is 0 Å². The molecule has 1 fully saturated rings. The Labute approximate surface area is 56.0 Å². The molecule has 0 aromatic heterocycles. The molecule has 0 N–H and O–H groups in total. The number of nitriles is 1. The van der Waals surface area contributed by atoms with Crippen molar-refractivity contribution >= 4 is 0 Å². The number of nitrogens with zero attached hydrogens (tertiary/aromatic N) is 1. The van der Waals surface area contributed by atoms with Crippen LogP contribution in [-0.4, -0.2) is 0 Å². The zero-order valence-electron chi connectivity index (χ0n) is 5.51. The van der Waals surface area contributed by atoms with Crippen LogP contribution in [0, 0.1) is 17.2 Å². The molecule has 0 spiro atoms. The molecule has 1 saturated carbocycles. The van der Waals surface area contributed by atoms with Crippen molar-refractivity contribution in [2.24, 2.45) is 5.92 Å². The zero-order valence-corrected chi connectivity index (χ0v) is 5.51. The molecule has 0 aromatic carbocycles. The van der Waals surface area contributed by atoms with E-state index >= 15 is 0 Å². The predicted octanol–water partition coefficient (Wildman–Crippen LogP) is 2.26. The third kappa shape index (κ3) is 1.89. The quantitative estimate of drug-likeness (QED) is 0.488. The van der Waals surface area contributed by atoms with Crippen LogP contribution in [0.3, 0.4) is 0 Å². The van der Waals surface area contributed by atoms with Crippen LogP contribution in [-0.2, 0) is 0 Å². The standard InChI is InChI=1S/C8H11N/c9-7-3-6-8-4-1-2-5-8/h3,6,8H,1-2,4-5H2/b6-3+. The first-order valence-electron chi connectivity index (χ1n) is 3.50. The molecule has 0 aromatic rings. The van der Waals surface area contributed by atoms with Crippen molar-refractivity contribution in [3.8, 4) is 6.07 Å². The second-order valence-electron chi connectivity index (χ2n) is 2.53. The predicted molar refractivity (Wildman–Crippen MR) is 36.7 cm³/mol. The number of hydrogen-bond donors (Lipinski definition) is 0.